The third kappa shape index (κ3) is 7.72. The minimum Gasteiger partial charge on any atom is -0.289 e. The normalized spacial score (nSPS) is 12.7. The highest BCUT2D eigenvalue weighted by molar-refractivity contribution is 6.00. The fourth-order valence-electron chi connectivity index (χ4n) is 2.39. The summed E-state index contributed by atoms with van der Waals surface area (Å²) >= 11 is 0. The summed E-state index contributed by atoms with van der Waals surface area (Å²) in [5.41, 5.74) is 3.73. The first kappa shape index (κ1) is 18.9. The van der Waals surface area contributed by atoms with E-state index in [1.165, 1.54) is 23.4 Å². The molecule has 1 rings (SSSR count). The molecule has 0 aliphatic heterocycles. The standard InChI is InChI=1S/C20H34N2/c1-15(2)7-8-20(22-11-9-16(3)4)18-10-12-21-19(14-18)13-17(5)6/h10,12,14-17H,7-9,11,13H2,1-6H3. The van der Waals surface area contributed by atoms with Crippen LogP contribution in [0, 0.1) is 17.8 Å². The predicted molar refractivity (Wildman–Crippen MR) is 97.7 cm³/mol. The molecule has 0 aliphatic rings. The summed E-state index contributed by atoms with van der Waals surface area (Å²) < 4.78 is 0. The van der Waals surface area contributed by atoms with Gasteiger partial charge in [0.1, 0.15) is 0 Å². The van der Waals surface area contributed by atoms with Crippen molar-refractivity contribution < 1.29 is 0 Å². The van der Waals surface area contributed by atoms with Gasteiger partial charge < -0.3 is 0 Å². The molecule has 1 heterocycles. The molecule has 1 aromatic heterocycles. The number of pyridine rings is 1. The monoisotopic (exact) mass is 302 g/mol. The molecule has 1 aromatic rings. The van der Waals surface area contributed by atoms with Crippen LogP contribution in [0.1, 0.15) is 72.1 Å². The highest BCUT2D eigenvalue weighted by atomic mass is 14.7. The first-order valence-corrected chi connectivity index (χ1v) is 8.87. The smallest absolute Gasteiger partial charge is 0.0421 e. The third-order valence-corrected chi connectivity index (χ3v) is 3.73. The Morgan fingerprint density at radius 2 is 1.68 bits per heavy atom. The number of aliphatic imine (C=N–C) groups is 1. The number of nitrogens with zero attached hydrogens (tertiary/aromatic N) is 2. The van der Waals surface area contributed by atoms with Crippen molar-refractivity contribution in [1.29, 1.82) is 0 Å². The number of hydrogen-bond donors (Lipinski definition) is 0. The lowest BCUT2D eigenvalue weighted by atomic mass is 9.99. The lowest BCUT2D eigenvalue weighted by Gasteiger charge is -2.12. The van der Waals surface area contributed by atoms with Crippen LogP contribution in [0.15, 0.2) is 23.3 Å². The molecule has 0 amide bonds. The lowest BCUT2D eigenvalue weighted by Crippen LogP contribution is -2.07. The van der Waals surface area contributed by atoms with Crippen molar-refractivity contribution in [2.75, 3.05) is 6.54 Å². The van der Waals surface area contributed by atoms with Crippen molar-refractivity contribution >= 4 is 5.71 Å². The molecule has 0 saturated carbocycles. The number of aromatic nitrogens is 1. The molecule has 0 unspecified atom stereocenters. The van der Waals surface area contributed by atoms with Gasteiger partial charge in [-0.3, -0.25) is 9.98 Å². The van der Waals surface area contributed by atoms with E-state index in [0.717, 1.165) is 25.8 Å². The maximum absolute atomic E-state index is 4.92. The second kappa shape index (κ2) is 9.76. The summed E-state index contributed by atoms with van der Waals surface area (Å²) in [5, 5.41) is 0. The summed E-state index contributed by atoms with van der Waals surface area (Å²) in [5.74, 6) is 2.07. The highest BCUT2D eigenvalue weighted by Crippen LogP contribution is 2.14. The second-order valence-corrected chi connectivity index (χ2v) is 7.58. The first-order chi connectivity index (χ1) is 10.4. The molecule has 2 heteroatoms. The van der Waals surface area contributed by atoms with Crippen molar-refractivity contribution in [1.82, 2.24) is 4.98 Å². The molecule has 0 aromatic carbocycles. The fraction of sp³-hybridized carbons (Fsp3) is 0.700. The van der Waals surface area contributed by atoms with E-state index < -0.39 is 0 Å². The predicted octanol–water partition coefficient (Wildman–Crippen LogP) is 5.55. The molecule has 0 bridgehead atoms. The second-order valence-electron chi connectivity index (χ2n) is 7.58. The molecule has 0 fully saturated rings. The molecule has 0 atom stereocenters. The van der Waals surface area contributed by atoms with E-state index in [4.69, 9.17) is 4.99 Å². The van der Waals surface area contributed by atoms with Gasteiger partial charge in [-0.1, -0.05) is 41.5 Å². The van der Waals surface area contributed by atoms with Crippen molar-refractivity contribution in [2.45, 2.75) is 67.2 Å². The van der Waals surface area contributed by atoms with E-state index in [2.05, 4.69) is 58.7 Å². The van der Waals surface area contributed by atoms with Crippen LogP contribution < -0.4 is 0 Å². The summed E-state index contributed by atoms with van der Waals surface area (Å²) in [6.45, 7) is 14.5. The zero-order chi connectivity index (χ0) is 16.5. The molecular formula is C20H34N2. The third-order valence-electron chi connectivity index (χ3n) is 3.73. The van der Waals surface area contributed by atoms with E-state index >= 15 is 0 Å². The van der Waals surface area contributed by atoms with Crippen LogP contribution in [-0.2, 0) is 6.42 Å². The highest BCUT2D eigenvalue weighted by Gasteiger charge is 2.08. The molecular weight excluding hydrogens is 268 g/mol. The molecule has 0 radical (unpaired) electrons. The van der Waals surface area contributed by atoms with Gasteiger partial charge >= 0.3 is 0 Å². The van der Waals surface area contributed by atoms with Gasteiger partial charge in [0.25, 0.3) is 0 Å². The Balaban J connectivity index is 2.88. The summed E-state index contributed by atoms with van der Waals surface area (Å²) in [4.78, 5) is 9.43. The minimum atomic E-state index is 0.639. The Morgan fingerprint density at radius 3 is 2.27 bits per heavy atom. The van der Waals surface area contributed by atoms with E-state index in [9.17, 15) is 0 Å². The quantitative estimate of drug-likeness (QED) is 0.549. The Morgan fingerprint density at radius 1 is 1.00 bits per heavy atom. The topological polar surface area (TPSA) is 25.2 Å². The van der Waals surface area contributed by atoms with Crippen LogP contribution in [0.4, 0.5) is 0 Å². The maximum atomic E-state index is 4.92. The van der Waals surface area contributed by atoms with Crippen LogP contribution >= 0.6 is 0 Å². The molecule has 0 saturated heterocycles. The molecule has 2 nitrogen and oxygen atoms in total. The number of rotatable bonds is 9. The van der Waals surface area contributed by atoms with Crippen LogP contribution in [0.5, 0.6) is 0 Å². The van der Waals surface area contributed by atoms with Crippen molar-refractivity contribution in [3.05, 3.63) is 29.6 Å². The zero-order valence-electron chi connectivity index (χ0n) is 15.4. The summed E-state index contributed by atoms with van der Waals surface area (Å²) in [6, 6.07) is 4.37. The average molecular weight is 303 g/mol. The van der Waals surface area contributed by atoms with E-state index in [1.54, 1.807) is 0 Å². The van der Waals surface area contributed by atoms with Crippen molar-refractivity contribution in [3.63, 3.8) is 0 Å². The summed E-state index contributed by atoms with van der Waals surface area (Å²) in [6.07, 6.45) is 6.41. The average Bonchev–Trinajstić information content (AvgIpc) is 2.41. The van der Waals surface area contributed by atoms with Gasteiger partial charge in [0.2, 0.25) is 0 Å². The van der Waals surface area contributed by atoms with E-state index in [-0.39, 0.29) is 0 Å². The van der Waals surface area contributed by atoms with E-state index in [1.807, 2.05) is 6.20 Å². The Labute approximate surface area is 137 Å². The van der Waals surface area contributed by atoms with Gasteiger partial charge in [0.15, 0.2) is 0 Å². The SMILES string of the molecule is CC(C)CCN=C(CCC(C)C)c1ccnc(CC(C)C)c1. The Hall–Kier alpha value is -1.18. The molecule has 0 N–H and O–H groups in total. The van der Waals surface area contributed by atoms with E-state index in [0.29, 0.717) is 17.8 Å². The van der Waals surface area contributed by atoms with Crippen LogP contribution in [0.2, 0.25) is 0 Å². The van der Waals surface area contributed by atoms with Gasteiger partial charge in [-0.15, -0.1) is 0 Å². The van der Waals surface area contributed by atoms with Crippen molar-refractivity contribution in [3.8, 4) is 0 Å². The fourth-order valence-corrected chi connectivity index (χ4v) is 2.39. The van der Waals surface area contributed by atoms with Gasteiger partial charge in [-0.05, 0) is 61.1 Å². The first-order valence-electron chi connectivity index (χ1n) is 8.87. The van der Waals surface area contributed by atoms with Crippen LogP contribution in [0.25, 0.3) is 0 Å². The number of hydrogen-bond acceptors (Lipinski definition) is 2. The Bertz CT molecular complexity index is 459. The van der Waals surface area contributed by atoms with Gasteiger partial charge in [-0.25, -0.2) is 0 Å². The summed E-state index contributed by atoms with van der Waals surface area (Å²) in [7, 11) is 0. The van der Waals surface area contributed by atoms with Crippen LogP contribution in [-0.4, -0.2) is 17.2 Å². The van der Waals surface area contributed by atoms with Gasteiger partial charge in [0, 0.05) is 24.1 Å². The molecule has 0 spiro atoms. The lowest BCUT2D eigenvalue weighted by molar-refractivity contribution is 0.589. The minimum absolute atomic E-state index is 0.639. The Kier molecular flexibility index (Phi) is 8.37. The molecule has 124 valence electrons. The van der Waals surface area contributed by atoms with Crippen LogP contribution in [0.3, 0.4) is 0 Å². The molecule has 0 aliphatic carbocycles. The van der Waals surface area contributed by atoms with Gasteiger partial charge in [-0.2, -0.15) is 0 Å². The maximum Gasteiger partial charge on any atom is 0.0421 e. The van der Waals surface area contributed by atoms with Gasteiger partial charge in [0.05, 0.1) is 0 Å². The largest absolute Gasteiger partial charge is 0.289 e. The van der Waals surface area contributed by atoms with Crippen molar-refractivity contribution in [2.24, 2.45) is 22.7 Å². The molecule has 22 heavy (non-hydrogen) atoms. The zero-order valence-corrected chi connectivity index (χ0v) is 15.4.